The van der Waals surface area contributed by atoms with Gasteiger partial charge in [-0.1, -0.05) is 17.7 Å². The number of carbonyl (C=O) groups excluding carboxylic acids is 1. The van der Waals surface area contributed by atoms with Gasteiger partial charge in [0.2, 0.25) is 5.91 Å². The summed E-state index contributed by atoms with van der Waals surface area (Å²) in [4.78, 5) is 13.1. The van der Waals surface area contributed by atoms with Crippen molar-refractivity contribution in [1.82, 2.24) is 5.32 Å². The molecule has 1 saturated heterocycles. The van der Waals surface area contributed by atoms with Crippen LogP contribution in [-0.2, 0) is 9.53 Å². The Bertz CT molecular complexity index is 413. The van der Waals surface area contributed by atoms with E-state index >= 15 is 0 Å². The lowest BCUT2D eigenvalue weighted by atomic mass is 10.2. The molecule has 2 atom stereocenters. The Balaban J connectivity index is 1.76. The number of hydrogen-bond donors (Lipinski definition) is 1. The molecule has 3 nitrogen and oxygen atoms in total. The third-order valence-electron chi connectivity index (χ3n) is 3.23. The van der Waals surface area contributed by atoms with Gasteiger partial charge in [-0.3, -0.25) is 4.79 Å². The van der Waals surface area contributed by atoms with Crippen LogP contribution in [0.1, 0.15) is 25.3 Å². The van der Waals surface area contributed by atoms with E-state index in [1.807, 2.05) is 6.92 Å². The summed E-state index contributed by atoms with van der Waals surface area (Å²) in [5, 5.41) is 2.89. The third-order valence-corrected chi connectivity index (χ3v) is 4.34. The quantitative estimate of drug-likeness (QED) is 0.842. The SMILES string of the molecule is Cc1ccc(S[C@@H](C)C(=O)NC[C@@H]2CCCO2)cc1. The van der Waals surface area contributed by atoms with E-state index in [4.69, 9.17) is 4.74 Å². The van der Waals surface area contributed by atoms with Crippen molar-refractivity contribution in [1.29, 1.82) is 0 Å². The molecule has 0 spiro atoms. The van der Waals surface area contributed by atoms with Crippen LogP contribution in [0.4, 0.5) is 0 Å². The molecule has 0 bridgehead atoms. The fraction of sp³-hybridized carbons (Fsp3) is 0.533. The van der Waals surface area contributed by atoms with Crippen molar-refractivity contribution in [2.24, 2.45) is 0 Å². The molecule has 1 fully saturated rings. The molecular weight excluding hydrogens is 258 g/mol. The van der Waals surface area contributed by atoms with Gasteiger partial charge < -0.3 is 10.1 Å². The van der Waals surface area contributed by atoms with E-state index in [2.05, 4.69) is 36.5 Å². The van der Waals surface area contributed by atoms with E-state index in [-0.39, 0.29) is 17.3 Å². The molecule has 1 N–H and O–H groups in total. The summed E-state index contributed by atoms with van der Waals surface area (Å²) in [5.41, 5.74) is 1.24. The maximum Gasteiger partial charge on any atom is 0.233 e. The van der Waals surface area contributed by atoms with Crippen LogP contribution in [0.2, 0.25) is 0 Å². The van der Waals surface area contributed by atoms with E-state index in [9.17, 15) is 4.79 Å². The number of aryl methyl sites for hydroxylation is 1. The zero-order valence-corrected chi connectivity index (χ0v) is 12.3. The van der Waals surface area contributed by atoms with Crippen molar-refractivity contribution in [3.63, 3.8) is 0 Å². The van der Waals surface area contributed by atoms with Crippen LogP contribution in [0, 0.1) is 6.92 Å². The Kier molecular flexibility index (Phi) is 5.28. The highest BCUT2D eigenvalue weighted by Gasteiger charge is 2.19. The van der Waals surface area contributed by atoms with Gasteiger partial charge in [0.1, 0.15) is 0 Å². The van der Waals surface area contributed by atoms with Crippen LogP contribution in [0.3, 0.4) is 0 Å². The first-order valence-corrected chi connectivity index (χ1v) is 7.66. The molecule has 2 rings (SSSR count). The van der Waals surface area contributed by atoms with Crippen LogP contribution in [0.15, 0.2) is 29.2 Å². The largest absolute Gasteiger partial charge is 0.376 e. The third kappa shape index (κ3) is 4.55. The van der Waals surface area contributed by atoms with Crippen molar-refractivity contribution in [2.45, 2.75) is 42.9 Å². The molecule has 1 aromatic rings. The minimum atomic E-state index is -0.0795. The van der Waals surface area contributed by atoms with Gasteiger partial charge in [-0.25, -0.2) is 0 Å². The number of thioether (sulfide) groups is 1. The summed E-state index contributed by atoms with van der Waals surface area (Å²) in [5.74, 6) is 0.0843. The Morgan fingerprint density at radius 3 is 2.84 bits per heavy atom. The van der Waals surface area contributed by atoms with E-state index in [1.165, 1.54) is 5.56 Å². The summed E-state index contributed by atoms with van der Waals surface area (Å²) < 4.78 is 5.49. The molecule has 19 heavy (non-hydrogen) atoms. The molecule has 1 heterocycles. The maximum absolute atomic E-state index is 12.0. The van der Waals surface area contributed by atoms with Gasteiger partial charge in [-0.05, 0) is 38.8 Å². The second-order valence-corrected chi connectivity index (χ2v) is 6.37. The van der Waals surface area contributed by atoms with Crippen LogP contribution in [-0.4, -0.2) is 30.4 Å². The number of carbonyl (C=O) groups is 1. The first-order chi connectivity index (χ1) is 9.15. The second-order valence-electron chi connectivity index (χ2n) is 4.95. The fourth-order valence-corrected chi connectivity index (χ4v) is 2.93. The highest BCUT2D eigenvalue weighted by molar-refractivity contribution is 8.00. The number of ether oxygens (including phenoxy) is 1. The summed E-state index contributed by atoms with van der Waals surface area (Å²) in [6.07, 6.45) is 2.37. The van der Waals surface area contributed by atoms with Crippen molar-refractivity contribution in [3.05, 3.63) is 29.8 Å². The van der Waals surface area contributed by atoms with Gasteiger partial charge in [-0.2, -0.15) is 0 Å². The van der Waals surface area contributed by atoms with Gasteiger partial charge in [-0.15, -0.1) is 11.8 Å². The Hall–Kier alpha value is -1.00. The standard InChI is InChI=1S/C15H21NO2S/c1-11-5-7-14(8-6-11)19-12(2)15(17)16-10-13-4-3-9-18-13/h5-8,12-13H,3-4,9-10H2,1-2H3,(H,16,17)/t12-,13-/m0/s1. The molecule has 0 radical (unpaired) electrons. The smallest absolute Gasteiger partial charge is 0.233 e. The number of amides is 1. The van der Waals surface area contributed by atoms with Crippen molar-refractivity contribution < 1.29 is 9.53 Å². The van der Waals surface area contributed by atoms with Gasteiger partial charge in [0.25, 0.3) is 0 Å². The van der Waals surface area contributed by atoms with Crippen molar-refractivity contribution >= 4 is 17.7 Å². The molecule has 1 aliphatic rings. The van der Waals surface area contributed by atoms with Crippen LogP contribution in [0.25, 0.3) is 0 Å². The first kappa shape index (κ1) is 14.4. The lowest BCUT2D eigenvalue weighted by Crippen LogP contribution is -2.36. The predicted molar refractivity (Wildman–Crippen MR) is 78.5 cm³/mol. The summed E-state index contributed by atoms with van der Waals surface area (Å²) in [6, 6.07) is 8.26. The molecular formula is C15H21NO2S. The molecule has 1 aliphatic heterocycles. The van der Waals surface area contributed by atoms with Crippen molar-refractivity contribution in [2.75, 3.05) is 13.2 Å². The van der Waals surface area contributed by atoms with Gasteiger partial charge in [0.05, 0.1) is 11.4 Å². The molecule has 4 heteroatoms. The average Bonchev–Trinajstić information content (AvgIpc) is 2.91. The van der Waals surface area contributed by atoms with Crippen LogP contribution in [0.5, 0.6) is 0 Å². The molecule has 0 saturated carbocycles. The number of benzene rings is 1. The highest BCUT2D eigenvalue weighted by Crippen LogP contribution is 2.23. The van der Waals surface area contributed by atoms with E-state index in [0.29, 0.717) is 6.54 Å². The summed E-state index contributed by atoms with van der Waals surface area (Å²) >= 11 is 1.59. The predicted octanol–water partition coefficient (Wildman–Crippen LogP) is 2.77. The lowest BCUT2D eigenvalue weighted by Gasteiger charge is -2.14. The highest BCUT2D eigenvalue weighted by atomic mass is 32.2. The van der Waals surface area contributed by atoms with Crippen LogP contribution >= 0.6 is 11.8 Å². The number of rotatable bonds is 5. The van der Waals surface area contributed by atoms with Crippen molar-refractivity contribution in [3.8, 4) is 0 Å². The number of hydrogen-bond acceptors (Lipinski definition) is 3. The minimum Gasteiger partial charge on any atom is -0.376 e. The zero-order valence-electron chi connectivity index (χ0n) is 11.5. The monoisotopic (exact) mass is 279 g/mol. The van der Waals surface area contributed by atoms with E-state index < -0.39 is 0 Å². The van der Waals surface area contributed by atoms with Gasteiger partial charge in [0.15, 0.2) is 0 Å². The molecule has 0 aromatic heterocycles. The molecule has 1 aromatic carbocycles. The van der Waals surface area contributed by atoms with Gasteiger partial charge in [0, 0.05) is 18.0 Å². The zero-order chi connectivity index (χ0) is 13.7. The minimum absolute atomic E-state index is 0.0795. The molecule has 0 unspecified atom stereocenters. The molecule has 0 aliphatic carbocycles. The second kappa shape index (κ2) is 6.96. The topological polar surface area (TPSA) is 38.3 Å². The lowest BCUT2D eigenvalue weighted by molar-refractivity contribution is -0.120. The first-order valence-electron chi connectivity index (χ1n) is 6.78. The summed E-state index contributed by atoms with van der Waals surface area (Å²) in [6.45, 7) is 5.47. The molecule has 1 amide bonds. The average molecular weight is 279 g/mol. The summed E-state index contributed by atoms with van der Waals surface area (Å²) in [7, 11) is 0. The normalized spacial score (nSPS) is 20.2. The molecule has 104 valence electrons. The Labute approximate surface area is 119 Å². The Morgan fingerprint density at radius 1 is 1.47 bits per heavy atom. The van der Waals surface area contributed by atoms with E-state index in [0.717, 1.165) is 24.3 Å². The fourth-order valence-electron chi connectivity index (χ4n) is 2.04. The van der Waals surface area contributed by atoms with E-state index in [1.54, 1.807) is 11.8 Å². The number of nitrogens with one attached hydrogen (secondary N) is 1. The Morgan fingerprint density at radius 2 is 2.21 bits per heavy atom. The maximum atomic E-state index is 12.0. The van der Waals surface area contributed by atoms with Crippen LogP contribution < -0.4 is 5.32 Å². The van der Waals surface area contributed by atoms with Gasteiger partial charge >= 0.3 is 0 Å².